The normalized spacial score (nSPS) is 30.5. The molecule has 1 saturated heterocycles. The molecule has 1 aromatic rings. The minimum atomic E-state index is -0.516. The van der Waals surface area contributed by atoms with Crippen molar-refractivity contribution in [2.45, 2.75) is 44.8 Å². The summed E-state index contributed by atoms with van der Waals surface area (Å²) in [6.45, 7) is 5.31. The Hall–Kier alpha value is -0.860. The van der Waals surface area contributed by atoms with E-state index in [9.17, 15) is 5.11 Å². The topological polar surface area (TPSA) is 23.5 Å². The molecule has 0 radical (unpaired) electrons. The lowest BCUT2D eigenvalue weighted by molar-refractivity contribution is -0.0354. The molecule has 1 fully saturated rings. The van der Waals surface area contributed by atoms with Gasteiger partial charge in [0.25, 0.3) is 0 Å². The van der Waals surface area contributed by atoms with E-state index >= 15 is 0 Å². The van der Waals surface area contributed by atoms with E-state index in [1.807, 2.05) is 0 Å². The highest BCUT2D eigenvalue weighted by Crippen LogP contribution is 2.30. The minimum Gasteiger partial charge on any atom is -0.389 e. The summed E-state index contributed by atoms with van der Waals surface area (Å²) >= 11 is 0. The summed E-state index contributed by atoms with van der Waals surface area (Å²) in [5.41, 5.74) is 2.05. The highest BCUT2D eigenvalue weighted by atomic mass is 16.3. The summed E-state index contributed by atoms with van der Waals surface area (Å²) < 4.78 is 0. The molecule has 0 aliphatic carbocycles. The van der Waals surface area contributed by atoms with Gasteiger partial charge in [-0.25, -0.2) is 0 Å². The van der Waals surface area contributed by atoms with Crippen LogP contribution < -0.4 is 0 Å². The second-order valence-corrected chi connectivity index (χ2v) is 5.61. The first kappa shape index (κ1) is 12.6. The van der Waals surface area contributed by atoms with Crippen LogP contribution in [0.2, 0.25) is 0 Å². The predicted octanol–water partition coefficient (Wildman–Crippen LogP) is 2.38. The SMILES string of the molecule is Cc1ccccc1CC1(O)CCN(C)C(C)C1. The van der Waals surface area contributed by atoms with Gasteiger partial charge in [-0.15, -0.1) is 0 Å². The Labute approximate surface area is 104 Å². The standard InChI is InChI=1S/C15H23NO/c1-12-6-4-5-7-14(12)11-15(17)8-9-16(3)13(2)10-15/h4-7,13,17H,8-11H2,1-3H3. The molecule has 1 aliphatic heterocycles. The molecule has 0 bridgehead atoms. The Morgan fingerprint density at radius 2 is 2.12 bits per heavy atom. The van der Waals surface area contributed by atoms with Crippen LogP contribution in [0.3, 0.4) is 0 Å². The predicted molar refractivity (Wildman–Crippen MR) is 71.2 cm³/mol. The second-order valence-electron chi connectivity index (χ2n) is 5.61. The highest BCUT2D eigenvalue weighted by Gasteiger charge is 2.35. The first-order valence-corrected chi connectivity index (χ1v) is 6.47. The summed E-state index contributed by atoms with van der Waals surface area (Å²) in [6.07, 6.45) is 2.54. The largest absolute Gasteiger partial charge is 0.389 e. The van der Waals surface area contributed by atoms with Gasteiger partial charge in [0.1, 0.15) is 0 Å². The van der Waals surface area contributed by atoms with E-state index in [2.05, 4.69) is 50.1 Å². The molecule has 0 saturated carbocycles. The fourth-order valence-electron chi connectivity index (χ4n) is 2.74. The Bertz CT molecular complexity index is 390. The number of rotatable bonds is 2. The molecule has 2 rings (SSSR count). The van der Waals surface area contributed by atoms with Crippen LogP contribution in [0.25, 0.3) is 0 Å². The van der Waals surface area contributed by atoms with Crippen molar-refractivity contribution in [3.63, 3.8) is 0 Å². The molecular weight excluding hydrogens is 210 g/mol. The van der Waals surface area contributed by atoms with Crippen LogP contribution in [0.4, 0.5) is 0 Å². The van der Waals surface area contributed by atoms with Crippen LogP contribution in [-0.4, -0.2) is 35.2 Å². The van der Waals surface area contributed by atoms with Crippen LogP contribution in [0.1, 0.15) is 30.9 Å². The fourth-order valence-corrected chi connectivity index (χ4v) is 2.74. The molecule has 0 spiro atoms. The number of aliphatic hydroxyl groups is 1. The third-order valence-electron chi connectivity index (χ3n) is 4.14. The molecule has 94 valence electrons. The van der Waals surface area contributed by atoms with Crippen molar-refractivity contribution < 1.29 is 5.11 Å². The number of hydrogen-bond acceptors (Lipinski definition) is 2. The Morgan fingerprint density at radius 1 is 1.41 bits per heavy atom. The molecule has 1 aliphatic rings. The van der Waals surface area contributed by atoms with Gasteiger partial charge in [0, 0.05) is 19.0 Å². The van der Waals surface area contributed by atoms with Crippen LogP contribution in [0, 0.1) is 6.92 Å². The third kappa shape index (κ3) is 2.88. The lowest BCUT2D eigenvalue weighted by atomic mass is 9.81. The van der Waals surface area contributed by atoms with Gasteiger partial charge in [-0.3, -0.25) is 0 Å². The average molecular weight is 233 g/mol. The summed E-state index contributed by atoms with van der Waals surface area (Å²) in [4.78, 5) is 2.33. The molecule has 1 aromatic carbocycles. The lowest BCUT2D eigenvalue weighted by Gasteiger charge is -2.41. The quantitative estimate of drug-likeness (QED) is 0.848. The number of piperidine rings is 1. The summed E-state index contributed by atoms with van der Waals surface area (Å²) in [5.74, 6) is 0. The van der Waals surface area contributed by atoms with Crippen molar-refractivity contribution in [2.75, 3.05) is 13.6 Å². The molecule has 1 N–H and O–H groups in total. The molecule has 2 nitrogen and oxygen atoms in total. The Balaban J connectivity index is 2.10. The highest BCUT2D eigenvalue weighted by molar-refractivity contribution is 5.27. The van der Waals surface area contributed by atoms with Gasteiger partial charge in [0.2, 0.25) is 0 Å². The summed E-state index contributed by atoms with van der Waals surface area (Å²) in [5, 5.41) is 10.7. The van der Waals surface area contributed by atoms with E-state index in [0.29, 0.717) is 6.04 Å². The number of nitrogens with zero attached hydrogens (tertiary/aromatic N) is 1. The van der Waals surface area contributed by atoms with Crippen molar-refractivity contribution in [2.24, 2.45) is 0 Å². The maximum atomic E-state index is 10.7. The van der Waals surface area contributed by atoms with E-state index in [4.69, 9.17) is 0 Å². The molecule has 2 atom stereocenters. The van der Waals surface area contributed by atoms with Gasteiger partial charge in [-0.05, 0) is 44.9 Å². The summed E-state index contributed by atoms with van der Waals surface area (Å²) in [7, 11) is 2.14. The number of aryl methyl sites for hydroxylation is 1. The second kappa shape index (κ2) is 4.79. The van der Waals surface area contributed by atoms with Gasteiger partial charge in [-0.2, -0.15) is 0 Å². The van der Waals surface area contributed by atoms with Gasteiger partial charge >= 0.3 is 0 Å². The number of hydrogen-bond donors (Lipinski definition) is 1. The molecule has 17 heavy (non-hydrogen) atoms. The van der Waals surface area contributed by atoms with E-state index in [1.54, 1.807) is 0 Å². The molecule has 0 aromatic heterocycles. The van der Waals surface area contributed by atoms with Gasteiger partial charge in [-0.1, -0.05) is 24.3 Å². The maximum Gasteiger partial charge on any atom is 0.0715 e. The first-order valence-electron chi connectivity index (χ1n) is 6.47. The van der Waals surface area contributed by atoms with E-state index in [-0.39, 0.29) is 0 Å². The lowest BCUT2D eigenvalue weighted by Crippen LogP contribution is -2.48. The van der Waals surface area contributed by atoms with Gasteiger partial charge < -0.3 is 10.0 Å². The van der Waals surface area contributed by atoms with E-state index < -0.39 is 5.60 Å². The zero-order valence-corrected chi connectivity index (χ0v) is 11.1. The van der Waals surface area contributed by atoms with Crippen LogP contribution >= 0.6 is 0 Å². The Kier molecular flexibility index (Phi) is 3.55. The minimum absolute atomic E-state index is 0.470. The number of likely N-dealkylation sites (tertiary alicyclic amines) is 1. The molecular formula is C15H23NO. The van der Waals surface area contributed by atoms with Gasteiger partial charge in [0.15, 0.2) is 0 Å². The zero-order chi connectivity index (χ0) is 12.5. The van der Waals surface area contributed by atoms with Crippen LogP contribution in [-0.2, 0) is 6.42 Å². The van der Waals surface area contributed by atoms with Crippen molar-refractivity contribution in [1.29, 1.82) is 0 Å². The third-order valence-corrected chi connectivity index (χ3v) is 4.14. The smallest absolute Gasteiger partial charge is 0.0715 e. The van der Waals surface area contributed by atoms with Crippen molar-refractivity contribution in [1.82, 2.24) is 4.90 Å². The van der Waals surface area contributed by atoms with E-state index in [0.717, 1.165) is 25.8 Å². The number of benzene rings is 1. The fraction of sp³-hybridized carbons (Fsp3) is 0.600. The Morgan fingerprint density at radius 3 is 2.76 bits per heavy atom. The van der Waals surface area contributed by atoms with Gasteiger partial charge in [0.05, 0.1) is 5.60 Å². The van der Waals surface area contributed by atoms with Crippen molar-refractivity contribution in [3.05, 3.63) is 35.4 Å². The molecule has 2 unspecified atom stereocenters. The molecule has 2 heteroatoms. The zero-order valence-electron chi connectivity index (χ0n) is 11.1. The van der Waals surface area contributed by atoms with Crippen molar-refractivity contribution >= 4 is 0 Å². The maximum absolute atomic E-state index is 10.7. The van der Waals surface area contributed by atoms with Crippen molar-refractivity contribution in [3.8, 4) is 0 Å². The molecule has 0 amide bonds. The van der Waals surface area contributed by atoms with Crippen LogP contribution in [0.15, 0.2) is 24.3 Å². The molecule has 1 heterocycles. The van der Waals surface area contributed by atoms with Crippen LogP contribution in [0.5, 0.6) is 0 Å². The monoisotopic (exact) mass is 233 g/mol. The summed E-state index contributed by atoms with van der Waals surface area (Å²) in [6, 6.07) is 8.84. The first-order chi connectivity index (χ1) is 8.00. The average Bonchev–Trinajstić information content (AvgIpc) is 2.28. The van der Waals surface area contributed by atoms with E-state index in [1.165, 1.54) is 11.1 Å².